The Kier molecular flexibility index (Phi) is 3.80. The fourth-order valence-corrected chi connectivity index (χ4v) is 3.31. The third-order valence-corrected chi connectivity index (χ3v) is 4.57. The molecule has 0 radical (unpaired) electrons. The van der Waals surface area contributed by atoms with Gasteiger partial charge in [0.1, 0.15) is 4.90 Å². The predicted molar refractivity (Wildman–Crippen MR) is 73.1 cm³/mol. The number of H-pyrrole nitrogens is 1. The molecule has 0 saturated carbocycles. The topological polar surface area (TPSA) is 102 Å². The van der Waals surface area contributed by atoms with E-state index in [-0.39, 0.29) is 27.6 Å². The predicted octanol–water partition coefficient (Wildman–Crippen LogP) is 1.61. The van der Waals surface area contributed by atoms with E-state index in [1.165, 1.54) is 24.5 Å². The molecular formula is C13H14N2O4S. The lowest BCUT2D eigenvalue weighted by Gasteiger charge is -2.07. The van der Waals surface area contributed by atoms with Gasteiger partial charge in [-0.2, -0.15) is 0 Å². The molecule has 0 fully saturated rings. The Morgan fingerprint density at radius 2 is 1.95 bits per heavy atom. The SMILES string of the molecule is CCOC(=O)c1c[nH]cc1S(=O)(=O)c1ccccc1N. The number of carbonyl (C=O) groups excluding carboxylic acids is 1. The molecule has 1 aromatic carbocycles. The normalized spacial score (nSPS) is 11.2. The fourth-order valence-electron chi connectivity index (χ4n) is 1.78. The molecule has 0 bridgehead atoms. The number of hydrogen-bond acceptors (Lipinski definition) is 5. The highest BCUT2D eigenvalue weighted by Gasteiger charge is 2.27. The Hall–Kier alpha value is -2.28. The van der Waals surface area contributed by atoms with Gasteiger partial charge in [-0.1, -0.05) is 12.1 Å². The van der Waals surface area contributed by atoms with Crippen molar-refractivity contribution in [2.45, 2.75) is 16.7 Å². The number of hydrogen-bond donors (Lipinski definition) is 2. The average molecular weight is 294 g/mol. The Labute approximate surface area is 116 Å². The number of esters is 1. The van der Waals surface area contributed by atoms with Gasteiger partial charge in [0.25, 0.3) is 0 Å². The zero-order chi connectivity index (χ0) is 14.8. The highest BCUT2D eigenvalue weighted by atomic mass is 32.2. The largest absolute Gasteiger partial charge is 0.462 e. The molecule has 7 heteroatoms. The first-order chi connectivity index (χ1) is 9.48. The van der Waals surface area contributed by atoms with Crippen LogP contribution in [0, 0.1) is 0 Å². The van der Waals surface area contributed by atoms with E-state index in [1.54, 1.807) is 19.1 Å². The molecule has 0 amide bonds. The van der Waals surface area contributed by atoms with Gasteiger partial charge in [-0.3, -0.25) is 0 Å². The number of nitrogens with one attached hydrogen (secondary N) is 1. The van der Waals surface area contributed by atoms with Gasteiger partial charge in [-0.15, -0.1) is 0 Å². The van der Waals surface area contributed by atoms with Crippen LogP contribution in [0.1, 0.15) is 17.3 Å². The van der Waals surface area contributed by atoms with Crippen LogP contribution in [0.25, 0.3) is 0 Å². The first-order valence-electron chi connectivity index (χ1n) is 5.92. The summed E-state index contributed by atoms with van der Waals surface area (Å²) < 4.78 is 29.9. The summed E-state index contributed by atoms with van der Waals surface area (Å²) in [6.45, 7) is 1.81. The number of ether oxygens (including phenoxy) is 1. The molecule has 2 aromatic rings. The third kappa shape index (κ3) is 2.39. The second-order valence-electron chi connectivity index (χ2n) is 4.00. The van der Waals surface area contributed by atoms with E-state index in [2.05, 4.69) is 4.98 Å². The summed E-state index contributed by atoms with van der Waals surface area (Å²) in [4.78, 5) is 14.2. The van der Waals surface area contributed by atoms with Crippen LogP contribution in [0.3, 0.4) is 0 Å². The molecule has 0 saturated heterocycles. The number of anilines is 1. The average Bonchev–Trinajstić information content (AvgIpc) is 2.89. The third-order valence-electron chi connectivity index (χ3n) is 2.70. The number of nitrogens with two attached hydrogens (primary N) is 1. The molecule has 0 unspecified atom stereocenters. The molecule has 0 atom stereocenters. The number of carbonyl (C=O) groups is 1. The molecule has 0 aliphatic heterocycles. The van der Waals surface area contributed by atoms with Crippen molar-refractivity contribution < 1.29 is 17.9 Å². The second-order valence-corrected chi connectivity index (χ2v) is 5.88. The lowest BCUT2D eigenvalue weighted by atomic mass is 10.3. The summed E-state index contributed by atoms with van der Waals surface area (Å²) in [6, 6.07) is 6.09. The molecule has 106 valence electrons. The van der Waals surface area contributed by atoms with E-state index in [4.69, 9.17) is 10.5 Å². The smallest absolute Gasteiger partial charge is 0.341 e. The summed E-state index contributed by atoms with van der Waals surface area (Å²) in [7, 11) is -3.88. The number of benzene rings is 1. The van der Waals surface area contributed by atoms with Crippen LogP contribution in [0.2, 0.25) is 0 Å². The number of aromatic amines is 1. The first kappa shape index (κ1) is 14.1. The van der Waals surface area contributed by atoms with Crippen molar-refractivity contribution in [2.24, 2.45) is 0 Å². The van der Waals surface area contributed by atoms with Crippen molar-refractivity contribution in [1.82, 2.24) is 4.98 Å². The summed E-state index contributed by atoms with van der Waals surface area (Å²) in [5.41, 5.74) is 5.79. The van der Waals surface area contributed by atoms with E-state index in [0.717, 1.165) is 0 Å². The van der Waals surface area contributed by atoms with E-state index < -0.39 is 15.8 Å². The van der Waals surface area contributed by atoms with Crippen LogP contribution >= 0.6 is 0 Å². The zero-order valence-corrected chi connectivity index (χ0v) is 11.6. The van der Waals surface area contributed by atoms with Crippen molar-refractivity contribution in [3.63, 3.8) is 0 Å². The van der Waals surface area contributed by atoms with Gasteiger partial charge in [-0.05, 0) is 19.1 Å². The molecule has 6 nitrogen and oxygen atoms in total. The lowest BCUT2D eigenvalue weighted by molar-refractivity contribution is 0.0522. The lowest BCUT2D eigenvalue weighted by Crippen LogP contribution is -2.11. The van der Waals surface area contributed by atoms with Gasteiger partial charge in [0.15, 0.2) is 0 Å². The molecule has 1 aromatic heterocycles. The van der Waals surface area contributed by atoms with Crippen LogP contribution in [-0.2, 0) is 14.6 Å². The minimum atomic E-state index is -3.88. The summed E-state index contributed by atoms with van der Waals surface area (Å²) in [5, 5.41) is 0. The molecule has 1 heterocycles. The van der Waals surface area contributed by atoms with Crippen molar-refractivity contribution in [2.75, 3.05) is 12.3 Å². The number of sulfone groups is 1. The number of para-hydroxylation sites is 1. The molecule has 0 spiro atoms. The molecule has 2 rings (SSSR count). The molecule has 3 N–H and O–H groups in total. The van der Waals surface area contributed by atoms with Crippen molar-refractivity contribution in [3.8, 4) is 0 Å². The van der Waals surface area contributed by atoms with E-state index in [9.17, 15) is 13.2 Å². The Morgan fingerprint density at radius 3 is 2.60 bits per heavy atom. The Bertz CT molecular complexity index is 734. The summed E-state index contributed by atoms with van der Waals surface area (Å²) >= 11 is 0. The van der Waals surface area contributed by atoms with Gasteiger partial charge in [0.2, 0.25) is 9.84 Å². The Morgan fingerprint density at radius 1 is 1.25 bits per heavy atom. The minimum absolute atomic E-state index is 0.0323. The van der Waals surface area contributed by atoms with E-state index >= 15 is 0 Å². The van der Waals surface area contributed by atoms with Crippen LogP contribution in [0.15, 0.2) is 46.5 Å². The molecule has 0 aliphatic carbocycles. The van der Waals surface area contributed by atoms with Gasteiger partial charge in [-0.25, -0.2) is 13.2 Å². The molecule has 20 heavy (non-hydrogen) atoms. The van der Waals surface area contributed by atoms with Crippen LogP contribution in [-0.4, -0.2) is 26.0 Å². The summed E-state index contributed by atoms with van der Waals surface area (Å²) in [6.07, 6.45) is 2.54. The fraction of sp³-hybridized carbons (Fsp3) is 0.154. The second kappa shape index (κ2) is 5.38. The number of aromatic nitrogens is 1. The highest BCUT2D eigenvalue weighted by Crippen LogP contribution is 2.28. The maximum Gasteiger partial charge on any atom is 0.341 e. The standard InChI is InChI=1S/C13H14N2O4S/c1-2-19-13(16)9-7-15-8-12(9)20(17,18)11-6-4-3-5-10(11)14/h3-8,15H,2,14H2,1H3. The zero-order valence-electron chi connectivity index (χ0n) is 10.8. The minimum Gasteiger partial charge on any atom is -0.462 e. The first-order valence-corrected chi connectivity index (χ1v) is 7.40. The Balaban J connectivity index is 2.55. The number of rotatable bonds is 4. The van der Waals surface area contributed by atoms with E-state index in [1.807, 2.05) is 0 Å². The van der Waals surface area contributed by atoms with Gasteiger partial charge >= 0.3 is 5.97 Å². The summed E-state index contributed by atoms with van der Waals surface area (Å²) in [5.74, 6) is -0.693. The van der Waals surface area contributed by atoms with Crippen molar-refractivity contribution in [3.05, 3.63) is 42.2 Å². The van der Waals surface area contributed by atoms with Gasteiger partial charge < -0.3 is 15.5 Å². The quantitative estimate of drug-likeness (QED) is 0.658. The highest BCUT2D eigenvalue weighted by molar-refractivity contribution is 7.91. The van der Waals surface area contributed by atoms with E-state index in [0.29, 0.717) is 0 Å². The maximum atomic E-state index is 12.5. The number of nitrogen functional groups attached to an aromatic ring is 1. The van der Waals surface area contributed by atoms with Crippen LogP contribution in [0.4, 0.5) is 5.69 Å². The monoisotopic (exact) mass is 294 g/mol. The maximum absolute atomic E-state index is 12.5. The van der Waals surface area contributed by atoms with Gasteiger partial charge in [0, 0.05) is 12.4 Å². The van der Waals surface area contributed by atoms with Crippen LogP contribution < -0.4 is 5.73 Å². The van der Waals surface area contributed by atoms with Crippen molar-refractivity contribution >= 4 is 21.5 Å². The molecule has 0 aliphatic rings. The van der Waals surface area contributed by atoms with Gasteiger partial charge in [0.05, 0.1) is 22.8 Å². The molecular weight excluding hydrogens is 280 g/mol. The van der Waals surface area contributed by atoms with Crippen LogP contribution in [0.5, 0.6) is 0 Å². The van der Waals surface area contributed by atoms with Crippen molar-refractivity contribution in [1.29, 1.82) is 0 Å².